The first-order valence-electron chi connectivity index (χ1n) is 5.98. The molecule has 2 aliphatic rings. The molecule has 2 aliphatic heterocycles. The number of ether oxygens (including phenoxy) is 4. The second kappa shape index (κ2) is 4.63. The smallest absolute Gasteiger partial charge is 0.231 e. The molecule has 2 heterocycles. The Bertz CT molecular complexity index is 469. The van der Waals surface area contributed by atoms with E-state index in [0.29, 0.717) is 13.2 Å². The maximum Gasteiger partial charge on any atom is 0.231 e. The largest absolute Gasteiger partial charge is 0.454 e. The fraction of sp³-hybridized carbons (Fsp3) is 0.429. The van der Waals surface area contributed by atoms with Gasteiger partial charge < -0.3 is 18.9 Å². The van der Waals surface area contributed by atoms with Gasteiger partial charge in [0.25, 0.3) is 0 Å². The number of fused-ring (bicyclic) bond motifs is 1. The molecule has 0 aromatic heterocycles. The highest BCUT2D eigenvalue weighted by Crippen LogP contribution is 2.44. The zero-order valence-electron chi connectivity index (χ0n) is 10.3. The van der Waals surface area contributed by atoms with E-state index in [1.165, 1.54) is 0 Å². The molecule has 1 aromatic carbocycles. The topological polar surface area (TPSA) is 36.9 Å². The van der Waals surface area contributed by atoms with E-state index in [1.807, 2.05) is 18.2 Å². The lowest BCUT2D eigenvalue weighted by atomic mass is 9.91. The second-order valence-electron chi connectivity index (χ2n) is 4.52. The highest BCUT2D eigenvalue weighted by molar-refractivity contribution is 5.49. The molecule has 0 radical (unpaired) electrons. The molecule has 96 valence electrons. The predicted molar refractivity (Wildman–Crippen MR) is 65.8 cm³/mol. The summed E-state index contributed by atoms with van der Waals surface area (Å²) in [4.78, 5) is 0. The fourth-order valence-electron chi connectivity index (χ4n) is 2.53. The summed E-state index contributed by atoms with van der Waals surface area (Å²) >= 11 is 0. The molecule has 0 amide bonds. The third-order valence-corrected chi connectivity index (χ3v) is 3.46. The number of rotatable bonds is 3. The SMILES string of the molecule is C=C1COC[C@@H]1[C@@H](OC)c1cccc2c1OCO2. The summed E-state index contributed by atoms with van der Waals surface area (Å²) < 4.78 is 22.0. The second-order valence-corrected chi connectivity index (χ2v) is 4.52. The number of methoxy groups -OCH3 is 1. The van der Waals surface area contributed by atoms with Gasteiger partial charge >= 0.3 is 0 Å². The van der Waals surface area contributed by atoms with Gasteiger partial charge in [-0.3, -0.25) is 0 Å². The Balaban J connectivity index is 1.97. The van der Waals surface area contributed by atoms with Gasteiger partial charge in [0.15, 0.2) is 11.5 Å². The summed E-state index contributed by atoms with van der Waals surface area (Å²) in [5, 5.41) is 0. The molecule has 1 fully saturated rings. The van der Waals surface area contributed by atoms with Gasteiger partial charge in [0.05, 0.1) is 19.3 Å². The Labute approximate surface area is 106 Å². The fourth-order valence-corrected chi connectivity index (χ4v) is 2.53. The highest BCUT2D eigenvalue weighted by Gasteiger charge is 2.33. The van der Waals surface area contributed by atoms with Crippen LogP contribution in [-0.2, 0) is 9.47 Å². The van der Waals surface area contributed by atoms with Gasteiger partial charge in [0.2, 0.25) is 6.79 Å². The lowest BCUT2D eigenvalue weighted by Crippen LogP contribution is -2.17. The number of para-hydroxylation sites is 1. The van der Waals surface area contributed by atoms with Crippen molar-refractivity contribution in [3.63, 3.8) is 0 Å². The zero-order chi connectivity index (χ0) is 12.5. The van der Waals surface area contributed by atoms with Gasteiger partial charge in [-0.1, -0.05) is 18.7 Å². The van der Waals surface area contributed by atoms with Crippen molar-refractivity contribution in [3.8, 4) is 11.5 Å². The van der Waals surface area contributed by atoms with Gasteiger partial charge in [-0.05, 0) is 11.6 Å². The summed E-state index contributed by atoms with van der Waals surface area (Å²) in [6, 6.07) is 5.86. The van der Waals surface area contributed by atoms with E-state index in [2.05, 4.69) is 6.58 Å². The molecule has 0 spiro atoms. The molecule has 2 atom stereocenters. The maximum absolute atomic E-state index is 5.64. The minimum absolute atomic E-state index is 0.100. The van der Waals surface area contributed by atoms with E-state index in [-0.39, 0.29) is 18.8 Å². The Hall–Kier alpha value is -1.52. The van der Waals surface area contributed by atoms with Gasteiger partial charge in [-0.25, -0.2) is 0 Å². The quantitative estimate of drug-likeness (QED) is 0.769. The van der Waals surface area contributed by atoms with Crippen molar-refractivity contribution in [1.82, 2.24) is 0 Å². The molecule has 1 saturated heterocycles. The minimum atomic E-state index is -0.100. The minimum Gasteiger partial charge on any atom is -0.454 e. The standard InChI is InChI=1S/C14H16O4/c1-9-6-16-7-11(9)13(15-2)10-4-3-5-12-14(10)18-8-17-12/h3-5,11,13H,1,6-8H2,2H3/t11-,13-/m0/s1. The number of hydrogen-bond acceptors (Lipinski definition) is 4. The summed E-state index contributed by atoms with van der Waals surface area (Å²) in [5.74, 6) is 1.73. The van der Waals surface area contributed by atoms with E-state index in [4.69, 9.17) is 18.9 Å². The molecule has 1 aromatic rings. The Kier molecular flexibility index (Phi) is 2.97. The molecule has 0 N–H and O–H groups in total. The van der Waals surface area contributed by atoms with E-state index in [9.17, 15) is 0 Å². The number of hydrogen-bond donors (Lipinski definition) is 0. The average molecular weight is 248 g/mol. The van der Waals surface area contributed by atoms with Crippen LogP contribution in [0.3, 0.4) is 0 Å². The van der Waals surface area contributed by atoms with Crippen LogP contribution >= 0.6 is 0 Å². The van der Waals surface area contributed by atoms with E-state index in [1.54, 1.807) is 7.11 Å². The van der Waals surface area contributed by atoms with Crippen LogP contribution in [0.5, 0.6) is 11.5 Å². The highest BCUT2D eigenvalue weighted by atomic mass is 16.7. The van der Waals surface area contributed by atoms with Gasteiger partial charge in [0.1, 0.15) is 0 Å². The average Bonchev–Trinajstić information content (AvgIpc) is 3.00. The summed E-state index contributed by atoms with van der Waals surface area (Å²) in [7, 11) is 1.70. The third-order valence-electron chi connectivity index (χ3n) is 3.46. The van der Waals surface area contributed by atoms with E-state index < -0.39 is 0 Å². The van der Waals surface area contributed by atoms with Crippen LogP contribution in [0.2, 0.25) is 0 Å². The third kappa shape index (κ3) is 1.78. The summed E-state index contributed by atoms with van der Waals surface area (Å²) in [6.45, 7) is 5.56. The molecule has 3 rings (SSSR count). The zero-order valence-corrected chi connectivity index (χ0v) is 10.3. The van der Waals surface area contributed by atoms with Crippen LogP contribution in [0.25, 0.3) is 0 Å². The van der Waals surface area contributed by atoms with Crippen molar-refractivity contribution in [2.45, 2.75) is 6.10 Å². The van der Waals surface area contributed by atoms with E-state index >= 15 is 0 Å². The van der Waals surface area contributed by atoms with Crippen LogP contribution in [0.1, 0.15) is 11.7 Å². The normalized spacial score (nSPS) is 23.4. The first-order valence-corrected chi connectivity index (χ1v) is 5.98. The lowest BCUT2D eigenvalue weighted by Gasteiger charge is -2.23. The molecule has 0 saturated carbocycles. The van der Waals surface area contributed by atoms with Crippen molar-refractivity contribution in [2.24, 2.45) is 5.92 Å². The Morgan fingerprint density at radius 2 is 2.28 bits per heavy atom. The van der Waals surface area contributed by atoms with Crippen molar-refractivity contribution < 1.29 is 18.9 Å². The van der Waals surface area contributed by atoms with Crippen LogP contribution in [0.4, 0.5) is 0 Å². The number of benzene rings is 1. The summed E-state index contributed by atoms with van der Waals surface area (Å²) in [5.41, 5.74) is 2.07. The van der Waals surface area contributed by atoms with Crippen LogP contribution in [-0.4, -0.2) is 27.1 Å². The van der Waals surface area contributed by atoms with E-state index in [0.717, 1.165) is 22.6 Å². The van der Waals surface area contributed by atoms with Gasteiger partial charge in [0, 0.05) is 18.6 Å². The van der Waals surface area contributed by atoms with Gasteiger partial charge in [-0.2, -0.15) is 0 Å². The monoisotopic (exact) mass is 248 g/mol. The Morgan fingerprint density at radius 1 is 1.39 bits per heavy atom. The first-order chi connectivity index (χ1) is 8.81. The predicted octanol–water partition coefficient (Wildman–Crippen LogP) is 2.31. The van der Waals surface area contributed by atoms with Crippen LogP contribution < -0.4 is 9.47 Å². The van der Waals surface area contributed by atoms with Gasteiger partial charge in [-0.15, -0.1) is 0 Å². The molecule has 4 nitrogen and oxygen atoms in total. The van der Waals surface area contributed by atoms with Crippen molar-refractivity contribution in [1.29, 1.82) is 0 Å². The molecule has 0 unspecified atom stereocenters. The van der Waals surface area contributed by atoms with Crippen LogP contribution in [0.15, 0.2) is 30.4 Å². The molecular formula is C14H16O4. The molecule has 4 heteroatoms. The molecule has 0 aliphatic carbocycles. The van der Waals surface area contributed by atoms with Crippen molar-refractivity contribution >= 4 is 0 Å². The molecule has 0 bridgehead atoms. The van der Waals surface area contributed by atoms with Crippen LogP contribution in [0, 0.1) is 5.92 Å². The molecule has 18 heavy (non-hydrogen) atoms. The van der Waals surface area contributed by atoms with Crippen molar-refractivity contribution in [3.05, 3.63) is 35.9 Å². The Morgan fingerprint density at radius 3 is 3.00 bits per heavy atom. The van der Waals surface area contributed by atoms with Crippen molar-refractivity contribution in [2.75, 3.05) is 27.1 Å². The first kappa shape index (κ1) is 11.6. The maximum atomic E-state index is 5.64. The summed E-state index contributed by atoms with van der Waals surface area (Å²) in [6.07, 6.45) is -0.100. The lowest BCUT2D eigenvalue weighted by molar-refractivity contribution is 0.0487. The molecular weight excluding hydrogens is 232 g/mol.